The van der Waals surface area contributed by atoms with Crippen LogP contribution in [0.25, 0.3) is 10.9 Å². The summed E-state index contributed by atoms with van der Waals surface area (Å²) in [6.45, 7) is 10.1. The topological polar surface area (TPSA) is 28.4 Å². The average Bonchev–Trinajstić information content (AvgIpc) is 2.94. The largest absolute Gasteiger partial charge is 0.395 e. The molecule has 0 amide bonds. The van der Waals surface area contributed by atoms with Crippen molar-refractivity contribution in [1.82, 2.24) is 9.47 Å². The van der Waals surface area contributed by atoms with Crippen molar-refractivity contribution < 1.29 is 9.50 Å². The van der Waals surface area contributed by atoms with Gasteiger partial charge in [0.25, 0.3) is 0 Å². The molecule has 162 valence electrons. The molecule has 4 rings (SSSR count). The van der Waals surface area contributed by atoms with Crippen LogP contribution in [0.1, 0.15) is 46.7 Å². The van der Waals surface area contributed by atoms with E-state index < -0.39 is 0 Å². The Morgan fingerprint density at radius 2 is 1.70 bits per heavy atom. The van der Waals surface area contributed by atoms with Crippen LogP contribution >= 0.6 is 12.4 Å². The lowest BCUT2D eigenvalue weighted by atomic mass is 9.84. The summed E-state index contributed by atoms with van der Waals surface area (Å²) in [6, 6.07) is 11.6. The second kappa shape index (κ2) is 9.51. The molecule has 3 aromatic rings. The Morgan fingerprint density at radius 1 is 1.03 bits per heavy atom. The molecule has 0 spiro atoms. The second-order valence-corrected chi connectivity index (χ2v) is 8.46. The van der Waals surface area contributed by atoms with Gasteiger partial charge >= 0.3 is 0 Å². The minimum Gasteiger partial charge on any atom is -0.395 e. The lowest BCUT2D eigenvalue weighted by molar-refractivity contribution is 0.204. The van der Waals surface area contributed by atoms with Crippen LogP contribution < -0.4 is 0 Å². The van der Waals surface area contributed by atoms with E-state index in [-0.39, 0.29) is 24.8 Å². The number of hydrogen-bond acceptors (Lipinski definition) is 2. The van der Waals surface area contributed by atoms with E-state index in [0.29, 0.717) is 12.5 Å². The Labute approximate surface area is 184 Å². The van der Waals surface area contributed by atoms with Crippen molar-refractivity contribution in [2.24, 2.45) is 0 Å². The molecule has 1 saturated heterocycles. The summed E-state index contributed by atoms with van der Waals surface area (Å²) in [4.78, 5) is 2.50. The van der Waals surface area contributed by atoms with Crippen LogP contribution in [0.5, 0.6) is 0 Å². The van der Waals surface area contributed by atoms with Gasteiger partial charge in [0.05, 0.1) is 6.61 Å². The zero-order valence-electron chi connectivity index (χ0n) is 18.1. The third kappa shape index (κ3) is 4.27. The monoisotopic (exact) mass is 430 g/mol. The van der Waals surface area contributed by atoms with E-state index in [2.05, 4.69) is 48.4 Å². The average molecular weight is 431 g/mol. The Balaban J connectivity index is 0.00000256. The summed E-state index contributed by atoms with van der Waals surface area (Å²) in [5.41, 5.74) is 7.68. The first-order chi connectivity index (χ1) is 14.0. The number of fused-ring (bicyclic) bond motifs is 1. The molecular weight excluding hydrogens is 399 g/mol. The number of halogens is 2. The number of piperidine rings is 1. The number of aliphatic hydroxyl groups excluding tert-OH is 1. The number of aryl methyl sites for hydroxylation is 2. The van der Waals surface area contributed by atoms with Gasteiger partial charge in [0, 0.05) is 29.7 Å². The molecule has 0 unspecified atom stereocenters. The maximum absolute atomic E-state index is 14.0. The fraction of sp³-hybridized carbons (Fsp3) is 0.440. The molecule has 3 nitrogen and oxygen atoms in total. The van der Waals surface area contributed by atoms with Gasteiger partial charge < -0.3 is 9.67 Å². The van der Waals surface area contributed by atoms with E-state index in [1.165, 1.54) is 28.3 Å². The van der Waals surface area contributed by atoms with Crippen LogP contribution in [0.2, 0.25) is 0 Å². The third-order valence-electron chi connectivity index (χ3n) is 6.66. The molecule has 30 heavy (non-hydrogen) atoms. The van der Waals surface area contributed by atoms with E-state index >= 15 is 0 Å². The van der Waals surface area contributed by atoms with Crippen LogP contribution in [-0.2, 0) is 13.1 Å². The molecule has 1 aliphatic rings. The van der Waals surface area contributed by atoms with Crippen molar-refractivity contribution in [3.63, 3.8) is 0 Å². The zero-order chi connectivity index (χ0) is 20.5. The molecule has 0 bridgehead atoms. The first kappa shape index (κ1) is 22.8. The summed E-state index contributed by atoms with van der Waals surface area (Å²) < 4.78 is 16.1. The van der Waals surface area contributed by atoms with Crippen LogP contribution in [-0.4, -0.2) is 34.3 Å². The van der Waals surface area contributed by atoms with Gasteiger partial charge in [-0.15, -0.1) is 12.4 Å². The van der Waals surface area contributed by atoms with E-state index in [1.807, 2.05) is 6.07 Å². The number of hydrogen-bond donors (Lipinski definition) is 1. The van der Waals surface area contributed by atoms with Crippen molar-refractivity contribution in [3.05, 3.63) is 70.2 Å². The molecule has 1 N–H and O–H groups in total. The van der Waals surface area contributed by atoms with Crippen molar-refractivity contribution in [3.8, 4) is 0 Å². The summed E-state index contributed by atoms with van der Waals surface area (Å²) in [7, 11) is 0. The standard InChI is InChI=1S/C25H31FN2O.ClH/c1-17-5-4-6-18(2)25(17)20-9-11-27(12-10-20)16-23-19(3)28(13-14-29)24-8-7-21(26)15-22(23)24;/h4-8,15,20,29H,9-14,16H2,1-3H3;1H. The molecule has 0 aliphatic carbocycles. The smallest absolute Gasteiger partial charge is 0.123 e. The Bertz CT molecular complexity index is 1000. The quantitative estimate of drug-likeness (QED) is 0.579. The van der Waals surface area contributed by atoms with Crippen molar-refractivity contribution in [1.29, 1.82) is 0 Å². The minimum absolute atomic E-state index is 0. The van der Waals surface area contributed by atoms with Gasteiger partial charge in [0.1, 0.15) is 5.82 Å². The van der Waals surface area contributed by atoms with E-state index in [1.54, 1.807) is 6.07 Å². The van der Waals surface area contributed by atoms with Crippen LogP contribution in [0.3, 0.4) is 0 Å². The first-order valence-corrected chi connectivity index (χ1v) is 10.7. The normalized spacial score (nSPS) is 15.5. The number of benzene rings is 2. The van der Waals surface area contributed by atoms with Crippen LogP contribution in [0.4, 0.5) is 4.39 Å². The summed E-state index contributed by atoms with van der Waals surface area (Å²) in [5, 5.41) is 10.4. The van der Waals surface area contributed by atoms with Gasteiger partial charge in [0.15, 0.2) is 0 Å². The van der Waals surface area contributed by atoms with E-state index in [9.17, 15) is 9.50 Å². The first-order valence-electron chi connectivity index (χ1n) is 10.7. The number of rotatable bonds is 5. The highest BCUT2D eigenvalue weighted by Gasteiger charge is 2.24. The number of aromatic nitrogens is 1. The molecule has 1 aromatic heterocycles. The van der Waals surface area contributed by atoms with Crippen molar-refractivity contribution in [2.45, 2.75) is 52.6 Å². The number of likely N-dealkylation sites (tertiary alicyclic amines) is 1. The predicted molar refractivity (Wildman–Crippen MR) is 124 cm³/mol. The van der Waals surface area contributed by atoms with Crippen LogP contribution in [0.15, 0.2) is 36.4 Å². The fourth-order valence-electron chi connectivity index (χ4n) is 5.19. The zero-order valence-corrected chi connectivity index (χ0v) is 18.9. The maximum Gasteiger partial charge on any atom is 0.123 e. The Kier molecular flexibility index (Phi) is 7.22. The minimum atomic E-state index is -0.200. The summed E-state index contributed by atoms with van der Waals surface area (Å²) in [6.07, 6.45) is 2.32. The van der Waals surface area contributed by atoms with Gasteiger partial charge in [-0.1, -0.05) is 18.2 Å². The molecule has 1 fully saturated rings. The number of nitrogens with zero attached hydrogens (tertiary/aromatic N) is 2. The lowest BCUT2D eigenvalue weighted by Crippen LogP contribution is -2.33. The summed E-state index contributed by atoms with van der Waals surface area (Å²) >= 11 is 0. The molecule has 5 heteroatoms. The molecule has 2 heterocycles. The Morgan fingerprint density at radius 3 is 2.33 bits per heavy atom. The molecule has 0 radical (unpaired) electrons. The van der Waals surface area contributed by atoms with Crippen molar-refractivity contribution >= 4 is 23.3 Å². The van der Waals surface area contributed by atoms with Gasteiger partial charge in [-0.3, -0.25) is 4.90 Å². The summed E-state index contributed by atoms with van der Waals surface area (Å²) in [5.74, 6) is 0.426. The third-order valence-corrected chi connectivity index (χ3v) is 6.66. The highest BCUT2D eigenvalue weighted by atomic mass is 35.5. The fourth-order valence-corrected chi connectivity index (χ4v) is 5.19. The molecular formula is C25H32ClFN2O. The van der Waals surface area contributed by atoms with Gasteiger partial charge in [-0.05, 0) is 93.1 Å². The van der Waals surface area contributed by atoms with Gasteiger partial charge in [0.2, 0.25) is 0 Å². The SMILES string of the molecule is Cc1cccc(C)c1C1CCN(Cc2c(C)n(CCO)c3ccc(F)cc23)CC1.Cl. The van der Waals surface area contributed by atoms with Gasteiger partial charge in [-0.2, -0.15) is 0 Å². The van der Waals surface area contributed by atoms with Crippen LogP contribution in [0, 0.1) is 26.6 Å². The molecule has 0 saturated carbocycles. The Hall–Kier alpha value is -1.88. The highest BCUT2D eigenvalue weighted by molar-refractivity contribution is 5.86. The second-order valence-electron chi connectivity index (χ2n) is 8.46. The maximum atomic E-state index is 14.0. The van der Waals surface area contributed by atoms with E-state index in [4.69, 9.17) is 0 Å². The lowest BCUT2D eigenvalue weighted by Gasteiger charge is -2.33. The highest BCUT2D eigenvalue weighted by Crippen LogP contribution is 2.34. The molecule has 1 aliphatic heterocycles. The number of aliphatic hydroxyl groups is 1. The van der Waals surface area contributed by atoms with E-state index in [0.717, 1.165) is 49.1 Å². The molecule has 2 aromatic carbocycles. The van der Waals surface area contributed by atoms with Gasteiger partial charge in [-0.25, -0.2) is 4.39 Å². The van der Waals surface area contributed by atoms with Crippen molar-refractivity contribution in [2.75, 3.05) is 19.7 Å². The molecule has 0 atom stereocenters. The predicted octanol–water partition coefficient (Wildman–Crippen LogP) is 5.50.